The molecular weight excluding hydrogens is 346 g/mol. The summed E-state index contributed by atoms with van der Waals surface area (Å²) in [4.78, 5) is 25.7. The number of benzene rings is 1. The molecule has 0 unspecified atom stereocenters. The Balaban J connectivity index is 1.59. The molecular formula is C16H15N3O3S2. The highest BCUT2D eigenvalue weighted by molar-refractivity contribution is 7.98. The fraction of sp³-hybridized carbons (Fsp3) is 0.188. The van der Waals surface area contributed by atoms with Gasteiger partial charge in [0.05, 0.1) is 11.4 Å². The molecule has 1 N–H and O–H groups in total. The minimum absolute atomic E-state index is 0.139. The van der Waals surface area contributed by atoms with Gasteiger partial charge in [-0.05, 0) is 42.0 Å². The lowest BCUT2D eigenvalue weighted by Gasteiger charge is -2.05. The summed E-state index contributed by atoms with van der Waals surface area (Å²) in [6.07, 6.45) is 2.13. The zero-order chi connectivity index (χ0) is 16.9. The van der Waals surface area contributed by atoms with Crippen LogP contribution >= 0.6 is 23.1 Å². The van der Waals surface area contributed by atoms with Gasteiger partial charge in [-0.2, -0.15) is 4.68 Å². The third-order valence-electron chi connectivity index (χ3n) is 3.26. The van der Waals surface area contributed by atoms with Crippen molar-refractivity contribution in [3.63, 3.8) is 0 Å². The summed E-state index contributed by atoms with van der Waals surface area (Å²) in [6.45, 7) is 0.169. The highest BCUT2D eigenvalue weighted by Gasteiger charge is 2.12. The molecule has 0 spiro atoms. The van der Waals surface area contributed by atoms with Crippen LogP contribution in [0, 0.1) is 0 Å². The number of carbonyl (C=O) groups is 1. The number of carbonyl (C=O) groups excluding carboxylic acids is 1. The zero-order valence-electron chi connectivity index (χ0n) is 12.9. The Morgan fingerprint density at radius 3 is 2.79 bits per heavy atom. The molecule has 24 heavy (non-hydrogen) atoms. The maximum atomic E-state index is 12.0. The minimum Gasteiger partial charge on any atom is -0.387 e. The van der Waals surface area contributed by atoms with Crippen molar-refractivity contribution < 1.29 is 9.21 Å². The molecule has 1 aromatic carbocycles. The number of thiophene rings is 1. The predicted octanol–water partition coefficient (Wildman–Crippen LogP) is 3.32. The fourth-order valence-electron chi connectivity index (χ4n) is 2.05. The van der Waals surface area contributed by atoms with Crippen LogP contribution in [0.5, 0.6) is 0 Å². The maximum Gasteiger partial charge on any atom is 0.437 e. The number of nitrogens with one attached hydrogen (secondary N) is 1. The van der Waals surface area contributed by atoms with Crippen molar-refractivity contribution in [1.29, 1.82) is 0 Å². The lowest BCUT2D eigenvalue weighted by molar-refractivity contribution is -0.116. The first-order chi connectivity index (χ1) is 11.7. The molecule has 0 saturated heterocycles. The molecule has 0 bridgehead atoms. The summed E-state index contributed by atoms with van der Waals surface area (Å²) < 4.78 is 6.28. The summed E-state index contributed by atoms with van der Waals surface area (Å²) in [5.41, 5.74) is 0.726. The van der Waals surface area contributed by atoms with Crippen molar-refractivity contribution in [1.82, 2.24) is 9.78 Å². The lowest BCUT2D eigenvalue weighted by atomic mass is 10.3. The highest BCUT2D eigenvalue weighted by atomic mass is 32.2. The van der Waals surface area contributed by atoms with Gasteiger partial charge < -0.3 is 9.73 Å². The number of nitrogens with zero attached hydrogens (tertiary/aromatic N) is 2. The topological polar surface area (TPSA) is 77.1 Å². The first kappa shape index (κ1) is 16.5. The van der Waals surface area contributed by atoms with Crippen molar-refractivity contribution in [3.8, 4) is 10.8 Å². The van der Waals surface area contributed by atoms with E-state index in [0.29, 0.717) is 0 Å². The quantitative estimate of drug-likeness (QED) is 0.682. The number of aryl methyl sites for hydroxylation is 1. The van der Waals surface area contributed by atoms with E-state index in [4.69, 9.17) is 4.42 Å². The number of aromatic nitrogens is 2. The van der Waals surface area contributed by atoms with Crippen molar-refractivity contribution in [2.24, 2.45) is 0 Å². The van der Waals surface area contributed by atoms with Gasteiger partial charge in [-0.25, -0.2) is 4.79 Å². The van der Waals surface area contributed by atoms with E-state index < -0.39 is 5.76 Å². The molecule has 2 heterocycles. The van der Waals surface area contributed by atoms with Crippen LogP contribution in [0.4, 0.5) is 5.69 Å². The van der Waals surface area contributed by atoms with Gasteiger partial charge in [0.1, 0.15) is 0 Å². The van der Waals surface area contributed by atoms with Crippen LogP contribution in [0.3, 0.4) is 0 Å². The molecule has 2 aromatic heterocycles. The average Bonchev–Trinajstić information content (AvgIpc) is 3.23. The van der Waals surface area contributed by atoms with E-state index in [0.717, 1.165) is 15.5 Å². The largest absolute Gasteiger partial charge is 0.437 e. The number of amides is 1. The minimum atomic E-state index is -0.560. The standard InChI is InChI=1S/C16H15N3O3S2/c1-23-12-6-4-11(5-7-12)17-14(20)8-9-19-16(21)22-15(18-19)13-3-2-10-24-13/h2-7,10H,8-9H2,1H3,(H,17,20). The Morgan fingerprint density at radius 1 is 1.33 bits per heavy atom. The first-order valence-electron chi connectivity index (χ1n) is 7.21. The molecule has 0 radical (unpaired) electrons. The number of hydrogen-bond acceptors (Lipinski definition) is 6. The van der Waals surface area contributed by atoms with E-state index >= 15 is 0 Å². The normalized spacial score (nSPS) is 10.7. The third-order valence-corrected chi connectivity index (χ3v) is 4.86. The van der Waals surface area contributed by atoms with Gasteiger partial charge >= 0.3 is 5.76 Å². The van der Waals surface area contributed by atoms with Crippen LogP contribution in [0.1, 0.15) is 6.42 Å². The van der Waals surface area contributed by atoms with E-state index in [2.05, 4.69) is 10.4 Å². The number of hydrogen-bond donors (Lipinski definition) is 1. The molecule has 0 aliphatic rings. The first-order valence-corrected chi connectivity index (χ1v) is 9.32. The maximum absolute atomic E-state index is 12.0. The van der Waals surface area contributed by atoms with E-state index in [9.17, 15) is 9.59 Å². The van der Waals surface area contributed by atoms with E-state index in [1.54, 1.807) is 11.8 Å². The number of rotatable bonds is 6. The van der Waals surface area contributed by atoms with Crippen molar-refractivity contribution in [2.45, 2.75) is 17.9 Å². The summed E-state index contributed by atoms with van der Waals surface area (Å²) in [5.74, 6) is -0.460. The van der Waals surface area contributed by atoms with Gasteiger partial charge in [0.2, 0.25) is 5.91 Å². The van der Waals surface area contributed by atoms with Gasteiger partial charge in [0.25, 0.3) is 5.89 Å². The van der Waals surface area contributed by atoms with Crippen LogP contribution in [0.25, 0.3) is 10.8 Å². The molecule has 0 fully saturated rings. The molecule has 8 heteroatoms. The number of thioether (sulfide) groups is 1. The molecule has 1 amide bonds. The van der Waals surface area contributed by atoms with Gasteiger partial charge in [0, 0.05) is 17.0 Å². The summed E-state index contributed by atoms with van der Waals surface area (Å²) in [7, 11) is 0. The molecule has 0 saturated carbocycles. The van der Waals surface area contributed by atoms with E-state index in [1.165, 1.54) is 16.0 Å². The second-order valence-electron chi connectivity index (χ2n) is 4.90. The van der Waals surface area contributed by atoms with Crippen LogP contribution < -0.4 is 11.1 Å². The van der Waals surface area contributed by atoms with Crippen LogP contribution in [0.2, 0.25) is 0 Å². The van der Waals surface area contributed by atoms with Crippen molar-refractivity contribution in [3.05, 3.63) is 52.3 Å². The van der Waals surface area contributed by atoms with Gasteiger partial charge in [-0.15, -0.1) is 28.2 Å². The molecule has 0 aliphatic carbocycles. The molecule has 0 atom stereocenters. The fourth-order valence-corrected chi connectivity index (χ4v) is 3.11. The van der Waals surface area contributed by atoms with Crippen molar-refractivity contribution in [2.75, 3.05) is 11.6 Å². The average molecular weight is 361 g/mol. The van der Waals surface area contributed by atoms with Crippen LogP contribution in [-0.2, 0) is 11.3 Å². The second-order valence-corrected chi connectivity index (χ2v) is 6.73. The second kappa shape index (κ2) is 7.50. The van der Waals surface area contributed by atoms with Crippen LogP contribution in [0.15, 0.2) is 55.9 Å². The summed E-state index contributed by atoms with van der Waals surface area (Å²) in [5, 5.41) is 8.80. The summed E-state index contributed by atoms with van der Waals surface area (Å²) in [6, 6.07) is 11.3. The van der Waals surface area contributed by atoms with Crippen molar-refractivity contribution >= 4 is 34.7 Å². The Labute approximate surface area is 146 Å². The predicted molar refractivity (Wildman–Crippen MR) is 95.5 cm³/mol. The zero-order valence-corrected chi connectivity index (χ0v) is 14.5. The monoisotopic (exact) mass is 361 g/mol. The molecule has 0 aliphatic heterocycles. The SMILES string of the molecule is CSc1ccc(NC(=O)CCn2nc(-c3cccs3)oc2=O)cc1. The van der Waals surface area contributed by atoms with Gasteiger partial charge in [0.15, 0.2) is 0 Å². The molecule has 6 nitrogen and oxygen atoms in total. The molecule has 124 valence electrons. The van der Waals surface area contributed by atoms with Gasteiger partial charge in [-0.1, -0.05) is 6.07 Å². The Kier molecular flexibility index (Phi) is 5.17. The summed E-state index contributed by atoms with van der Waals surface area (Å²) >= 11 is 3.08. The molecule has 3 aromatic rings. The highest BCUT2D eigenvalue weighted by Crippen LogP contribution is 2.21. The Hall–Kier alpha value is -2.32. The smallest absolute Gasteiger partial charge is 0.387 e. The number of anilines is 1. The van der Waals surface area contributed by atoms with E-state index in [-0.39, 0.29) is 24.8 Å². The van der Waals surface area contributed by atoms with Crippen LogP contribution in [-0.4, -0.2) is 21.9 Å². The van der Waals surface area contributed by atoms with E-state index in [1.807, 2.05) is 48.0 Å². The third kappa shape index (κ3) is 3.95. The van der Waals surface area contributed by atoms with Gasteiger partial charge in [-0.3, -0.25) is 4.79 Å². The molecule has 3 rings (SSSR count). The Morgan fingerprint density at radius 2 is 2.12 bits per heavy atom. The Bertz CT molecular complexity index is 867. The lowest BCUT2D eigenvalue weighted by Crippen LogP contribution is -2.20.